The van der Waals surface area contributed by atoms with Gasteiger partial charge in [-0.1, -0.05) is 5.92 Å². The first-order chi connectivity index (χ1) is 5.88. The van der Waals surface area contributed by atoms with Crippen molar-refractivity contribution in [3.63, 3.8) is 0 Å². The van der Waals surface area contributed by atoms with E-state index < -0.39 is 0 Å². The van der Waals surface area contributed by atoms with E-state index in [1.165, 1.54) is 38.8 Å². The highest BCUT2D eigenvalue weighted by atomic mass is 15.1. The first-order valence-corrected chi connectivity index (χ1v) is 5.04. The molecule has 0 aliphatic heterocycles. The van der Waals surface area contributed by atoms with Crippen molar-refractivity contribution >= 4 is 0 Å². The van der Waals surface area contributed by atoms with Gasteiger partial charge in [0.2, 0.25) is 0 Å². The molecule has 0 bridgehead atoms. The lowest BCUT2D eigenvalue weighted by atomic mass is 10.3. The van der Waals surface area contributed by atoms with E-state index in [1.807, 2.05) is 0 Å². The third-order valence-electron chi connectivity index (χ3n) is 2.74. The van der Waals surface area contributed by atoms with Gasteiger partial charge in [0.05, 0.1) is 6.54 Å². The molecule has 0 spiro atoms. The van der Waals surface area contributed by atoms with Crippen LogP contribution in [0.5, 0.6) is 0 Å². The summed E-state index contributed by atoms with van der Waals surface area (Å²) >= 11 is 0. The Morgan fingerprint density at radius 1 is 1.08 bits per heavy atom. The summed E-state index contributed by atoms with van der Waals surface area (Å²) in [4.78, 5) is 2.47. The summed E-state index contributed by atoms with van der Waals surface area (Å²) in [5, 5.41) is 0. The third-order valence-corrected chi connectivity index (χ3v) is 2.74. The molecule has 2 aliphatic rings. The van der Waals surface area contributed by atoms with Crippen LogP contribution in [0.4, 0.5) is 0 Å². The van der Waals surface area contributed by atoms with E-state index in [0.29, 0.717) is 0 Å². The zero-order chi connectivity index (χ0) is 8.39. The van der Waals surface area contributed by atoms with Crippen LogP contribution in [0, 0.1) is 24.2 Å². The Hall–Kier alpha value is -0.480. The highest BCUT2D eigenvalue weighted by Crippen LogP contribution is 2.33. The van der Waals surface area contributed by atoms with Crippen molar-refractivity contribution in [3.05, 3.63) is 0 Å². The van der Waals surface area contributed by atoms with Gasteiger partial charge in [-0.05, 0) is 37.5 Å². The predicted molar refractivity (Wildman–Crippen MR) is 50.7 cm³/mol. The molecular weight excluding hydrogens is 146 g/mol. The summed E-state index contributed by atoms with van der Waals surface area (Å²) < 4.78 is 0. The predicted octanol–water partition coefficient (Wildman–Crippen LogP) is 1.74. The van der Waals surface area contributed by atoms with Crippen LogP contribution in [-0.4, -0.2) is 24.5 Å². The summed E-state index contributed by atoms with van der Waals surface area (Å²) in [7, 11) is 0. The van der Waals surface area contributed by atoms with Gasteiger partial charge < -0.3 is 0 Å². The van der Waals surface area contributed by atoms with Crippen molar-refractivity contribution in [2.75, 3.05) is 19.6 Å². The lowest BCUT2D eigenvalue weighted by Crippen LogP contribution is -2.28. The van der Waals surface area contributed by atoms with Gasteiger partial charge in [-0.2, -0.15) is 0 Å². The Bertz CT molecular complexity index is 170. The summed E-state index contributed by atoms with van der Waals surface area (Å²) in [6.45, 7) is 3.40. The van der Waals surface area contributed by atoms with Crippen molar-refractivity contribution in [2.24, 2.45) is 11.8 Å². The van der Waals surface area contributed by atoms with Crippen LogP contribution in [0.1, 0.15) is 25.7 Å². The van der Waals surface area contributed by atoms with E-state index in [1.54, 1.807) is 0 Å². The molecular formula is C11H17N. The van der Waals surface area contributed by atoms with Gasteiger partial charge in [-0.15, -0.1) is 6.42 Å². The minimum Gasteiger partial charge on any atom is -0.292 e. The van der Waals surface area contributed by atoms with Gasteiger partial charge in [0.1, 0.15) is 0 Å². The molecule has 2 rings (SSSR count). The second-order valence-corrected chi connectivity index (χ2v) is 4.28. The molecule has 0 aromatic heterocycles. The van der Waals surface area contributed by atoms with E-state index in [2.05, 4.69) is 10.8 Å². The van der Waals surface area contributed by atoms with Gasteiger partial charge in [-0.25, -0.2) is 0 Å². The molecule has 12 heavy (non-hydrogen) atoms. The van der Waals surface area contributed by atoms with E-state index >= 15 is 0 Å². The van der Waals surface area contributed by atoms with Crippen LogP contribution in [0.3, 0.4) is 0 Å². The smallest absolute Gasteiger partial charge is 0.0599 e. The molecule has 0 saturated heterocycles. The Morgan fingerprint density at radius 3 is 1.92 bits per heavy atom. The molecule has 2 saturated carbocycles. The number of hydrogen-bond acceptors (Lipinski definition) is 1. The SMILES string of the molecule is C#CCN(CC1CC1)CC1CC1. The molecule has 0 amide bonds. The third kappa shape index (κ3) is 2.53. The Morgan fingerprint density at radius 2 is 1.58 bits per heavy atom. The molecule has 0 N–H and O–H groups in total. The van der Waals surface area contributed by atoms with Crippen LogP contribution in [0.2, 0.25) is 0 Å². The number of nitrogens with zero attached hydrogens (tertiary/aromatic N) is 1. The molecule has 1 nitrogen and oxygen atoms in total. The molecule has 0 heterocycles. The lowest BCUT2D eigenvalue weighted by molar-refractivity contribution is 0.283. The summed E-state index contributed by atoms with van der Waals surface area (Å²) in [5.41, 5.74) is 0. The summed E-state index contributed by atoms with van der Waals surface area (Å²) in [6.07, 6.45) is 11.1. The monoisotopic (exact) mass is 163 g/mol. The molecule has 0 atom stereocenters. The second-order valence-electron chi connectivity index (χ2n) is 4.28. The minimum atomic E-state index is 0.868. The van der Waals surface area contributed by atoms with Gasteiger partial charge in [0, 0.05) is 13.1 Å². The highest BCUT2D eigenvalue weighted by molar-refractivity contribution is 4.91. The van der Waals surface area contributed by atoms with E-state index in [9.17, 15) is 0 Å². The topological polar surface area (TPSA) is 3.24 Å². The fraction of sp³-hybridized carbons (Fsp3) is 0.818. The van der Waals surface area contributed by atoms with Gasteiger partial charge in [-0.3, -0.25) is 4.90 Å². The normalized spacial score (nSPS) is 22.7. The zero-order valence-electron chi connectivity index (χ0n) is 7.63. The summed E-state index contributed by atoms with van der Waals surface area (Å²) in [6, 6.07) is 0. The fourth-order valence-electron chi connectivity index (χ4n) is 1.66. The second kappa shape index (κ2) is 3.49. The van der Waals surface area contributed by atoms with Crippen molar-refractivity contribution in [1.29, 1.82) is 0 Å². The van der Waals surface area contributed by atoms with Crippen molar-refractivity contribution < 1.29 is 0 Å². The largest absolute Gasteiger partial charge is 0.292 e. The van der Waals surface area contributed by atoms with E-state index in [-0.39, 0.29) is 0 Å². The first-order valence-electron chi connectivity index (χ1n) is 5.04. The fourth-order valence-corrected chi connectivity index (χ4v) is 1.66. The molecule has 2 aliphatic carbocycles. The Balaban J connectivity index is 1.70. The van der Waals surface area contributed by atoms with Crippen LogP contribution in [-0.2, 0) is 0 Å². The molecule has 0 unspecified atom stereocenters. The number of terminal acetylenes is 1. The van der Waals surface area contributed by atoms with Crippen molar-refractivity contribution in [3.8, 4) is 12.3 Å². The van der Waals surface area contributed by atoms with Gasteiger partial charge in [0.15, 0.2) is 0 Å². The molecule has 0 aromatic rings. The molecule has 0 aromatic carbocycles. The Kier molecular flexibility index (Phi) is 2.37. The quantitative estimate of drug-likeness (QED) is 0.558. The van der Waals surface area contributed by atoms with Crippen molar-refractivity contribution in [1.82, 2.24) is 4.90 Å². The highest BCUT2D eigenvalue weighted by Gasteiger charge is 2.28. The molecule has 1 heteroatoms. The lowest BCUT2D eigenvalue weighted by Gasteiger charge is -2.18. The molecule has 2 fully saturated rings. The Labute approximate surface area is 75.1 Å². The van der Waals surface area contributed by atoms with Gasteiger partial charge in [0.25, 0.3) is 0 Å². The molecule has 0 radical (unpaired) electrons. The van der Waals surface area contributed by atoms with Crippen molar-refractivity contribution in [2.45, 2.75) is 25.7 Å². The number of rotatable bonds is 5. The zero-order valence-corrected chi connectivity index (χ0v) is 7.63. The maximum atomic E-state index is 5.33. The maximum absolute atomic E-state index is 5.33. The van der Waals surface area contributed by atoms with Crippen LogP contribution in [0.15, 0.2) is 0 Å². The van der Waals surface area contributed by atoms with E-state index in [0.717, 1.165) is 18.4 Å². The van der Waals surface area contributed by atoms with Crippen LogP contribution < -0.4 is 0 Å². The average Bonchev–Trinajstić information content (AvgIpc) is 2.82. The average molecular weight is 163 g/mol. The summed E-state index contributed by atoms with van der Waals surface area (Å²) in [5.74, 6) is 4.73. The minimum absolute atomic E-state index is 0.868. The maximum Gasteiger partial charge on any atom is 0.0599 e. The van der Waals surface area contributed by atoms with Crippen LogP contribution in [0.25, 0.3) is 0 Å². The van der Waals surface area contributed by atoms with E-state index in [4.69, 9.17) is 6.42 Å². The number of hydrogen-bond donors (Lipinski definition) is 0. The van der Waals surface area contributed by atoms with Gasteiger partial charge >= 0.3 is 0 Å². The first kappa shape index (κ1) is 8.13. The standard InChI is InChI=1S/C11H17N/c1-2-7-12(8-10-3-4-10)9-11-5-6-11/h1,10-11H,3-9H2. The molecule has 66 valence electrons. The van der Waals surface area contributed by atoms with Crippen LogP contribution >= 0.6 is 0 Å².